The van der Waals surface area contributed by atoms with Crippen LogP contribution in [0.5, 0.6) is 0 Å². The average molecular weight is 286 g/mol. The van der Waals surface area contributed by atoms with Gasteiger partial charge >= 0.3 is 5.97 Å². The number of halogens is 1. The Morgan fingerprint density at radius 2 is 2.06 bits per heavy atom. The van der Waals surface area contributed by atoms with Crippen molar-refractivity contribution >= 4 is 27.8 Å². The molecule has 1 amide bonds. The minimum atomic E-state index is -0.340. The number of carbonyl (C=O) groups excluding carboxylic acids is 2. The third-order valence-electron chi connectivity index (χ3n) is 1.96. The fourth-order valence-electron chi connectivity index (χ4n) is 1.12. The zero-order valence-electron chi connectivity index (χ0n) is 8.83. The molecule has 0 atom stereocenters. The number of benzene rings is 1. The van der Waals surface area contributed by atoms with Crippen molar-refractivity contribution < 1.29 is 14.3 Å². The minimum absolute atomic E-state index is 0.173. The van der Waals surface area contributed by atoms with E-state index in [1.165, 1.54) is 7.11 Å². The molecule has 86 valence electrons. The normalized spacial score (nSPS) is 9.62. The summed E-state index contributed by atoms with van der Waals surface area (Å²) in [4.78, 5) is 22.5. The van der Waals surface area contributed by atoms with Gasteiger partial charge in [0.25, 0.3) is 5.91 Å². The van der Waals surface area contributed by atoms with E-state index in [0.29, 0.717) is 5.56 Å². The molecule has 0 aliphatic rings. The number of hydrogen-bond donors (Lipinski definition) is 1. The first-order valence-corrected chi connectivity index (χ1v) is 5.54. The highest BCUT2D eigenvalue weighted by molar-refractivity contribution is 9.10. The van der Waals surface area contributed by atoms with Crippen molar-refractivity contribution in [3.63, 3.8) is 0 Å². The summed E-state index contributed by atoms with van der Waals surface area (Å²) in [5.41, 5.74) is 0.548. The van der Waals surface area contributed by atoms with Gasteiger partial charge in [-0.2, -0.15) is 0 Å². The lowest BCUT2D eigenvalue weighted by Crippen LogP contribution is -2.26. The fourth-order valence-corrected chi connectivity index (χ4v) is 1.59. The van der Waals surface area contributed by atoms with Gasteiger partial charge in [0.1, 0.15) is 0 Å². The molecule has 0 aromatic heterocycles. The van der Waals surface area contributed by atoms with Crippen molar-refractivity contribution in [2.24, 2.45) is 0 Å². The first kappa shape index (κ1) is 12.7. The molecule has 1 N–H and O–H groups in total. The Kier molecular flexibility index (Phi) is 4.98. The van der Waals surface area contributed by atoms with Gasteiger partial charge < -0.3 is 10.1 Å². The van der Waals surface area contributed by atoms with Crippen LogP contribution in [0, 0.1) is 0 Å². The van der Waals surface area contributed by atoms with E-state index in [0.717, 1.165) is 4.47 Å². The molecule has 0 aliphatic heterocycles. The topological polar surface area (TPSA) is 55.4 Å². The van der Waals surface area contributed by atoms with Crippen molar-refractivity contribution in [2.75, 3.05) is 13.7 Å². The Morgan fingerprint density at radius 1 is 1.38 bits per heavy atom. The second-order valence-electron chi connectivity index (χ2n) is 3.06. The predicted molar refractivity (Wildman–Crippen MR) is 63.1 cm³/mol. The average Bonchev–Trinajstić information content (AvgIpc) is 2.29. The lowest BCUT2D eigenvalue weighted by Gasteiger charge is -2.05. The molecule has 0 heterocycles. The van der Waals surface area contributed by atoms with Gasteiger partial charge in [-0.1, -0.05) is 12.1 Å². The zero-order chi connectivity index (χ0) is 12.0. The largest absolute Gasteiger partial charge is 0.469 e. The summed E-state index contributed by atoms with van der Waals surface area (Å²) in [5, 5.41) is 2.64. The van der Waals surface area contributed by atoms with Crippen LogP contribution in [0.4, 0.5) is 0 Å². The molecule has 0 saturated heterocycles. The molecule has 1 aromatic rings. The Hall–Kier alpha value is -1.36. The minimum Gasteiger partial charge on any atom is -0.469 e. The third-order valence-corrected chi connectivity index (χ3v) is 2.65. The van der Waals surface area contributed by atoms with E-state index in [1.54, 1.807) is 18.2 Å². The van der Waals surface area contributed by atoms with Crippen molar-refractivity contribution in [3.8, 4) is 0 Å². The number of methoxy groups -OCH3 is 1. The maximum Gasteiger partial charge on any atom is 0.307 e. The van der Waals surface area contributed by atoms with Gasteiger partial charge in [0.2, 0.25) is 0 Å². The highest BCUT2D eigenvalue weighted by atomic mass is 79.9. The van der Waals surface area contributed by atoms with Gasteiger partial charge in [-0.15, -0.1) is 0 Å². The van der Waals surface area contributed by atoms with E-state index in [9.17, 15) is 9.59 Å². The molecule has 4 nitrogen and oxygen atoms in total. The molecular weight excluding hydrogens is 274 g/mol. The molecule has 0 spiro atoms. The van der Waals surface area contributed by atoms with E-state index in [1.807, 2.05) is 6.07 Å². The van der Waals surface area contributed by atoms with Crippen molar-refractivity contribution in [3.05, 3.63) is 34.3 Å². The van der Waals surface area contributed by atoms with Gasteiger partial charge in [0.15, 0.2) is 0 Å². The zero-order valence-corrected chi connectivity index (χ0v) is 10.4. The van der Waals surface area contributed by atoms with Crippen LogP contribution in [0.1, 0.15) is 16.8 Å². The highest BCUT2D eigenvalue weighted by Crippen LogP contribution is 2.15. The lowest BCUT2D eigenvalue weighted by molar-refractivity contribution is -0.140. The van der Waals surface area contributed by atoms with Crippen molar-refractivity contribution in [1.29, 1.82) is 0 Å². The Bertz CT molecular complexity index is 393. The Balaban J connectivity index is 2.47. The maximum absolute atomic E-state index is 11.6. The van der Waals surface area contributed by atoms with Crippen LogP contribution in [-0.4, -0.2) is 25.5 Å². The van der Waals surface area contributed by atoms with Crippen molar-refractivity contribution in [1.82, 2.24) is 5.32 Å². The molecule has 0 unspecified atom stereocenters. The molecule has 1 rings (SSSR count). The molecule has 16 heavy (non-hydrogen) atoms. The van der Waals surface area contributed by atoms with Crippen molar-refractivity contribution in [2.45, 2.75) is 6.42 Å². The molecule has 0 fully saturated rings. The van der Waals surface area contributed by atoms with Crippen LogP contribution in [0.3, 0.4) is 0 Å². The molecular formula is C11H12BrNO3. The first-order valence-electron chi connectivity index (χ1n) is 4.74. The van der Waals surface area contributed by atoms with Crippen LogP contribution < -0.4 is 5.32 Å². The number of amides is 1. The number of ether oxygens (including phenoxy) is 1. The summed E-state index contributed by atoms with van der Waals surface area (Å²) in [6.45, 7) is 0.271. The Morgan fingerprint density at radius 3 is 2.69 bits per heavy atom. The van der Waals surface area contributed by atoms with E-state index in [-0.39, 0.29) is 24.8 Å². The number of hydrogen-bond acceptors (Lipinski definition) is 3. The second kappa shape index (κ2) is 6.27. The fraction of sp³-hybridized carbons (Fsp3) is 0.273. The van der Waals surface area contributed by atoms with Crippen LogP contribution in [0.2, 0.25) is 0 Å². The van der Waals surface area contributed by atoms with Crippen LogP contribution in [0.15, 0.2) is 28.7 Å². The van der Waals surface area contributed by atoms with Gasteiger partial charge in [0, 0.05) is 11.0 Å². The molecule has 0 bridgehead atoms. The van der Waals surface area contributed by atoms with Crippen LogP contribution in [-0.2, 0) is 9.53 Å². The molecule has 5 heteroatoms. The van der Waals surface area contributed by atoms with Crippen LogP contribution >= 0.6 is 15.9 Å². The number of esters is 1. The number of rotatable bonds is 4. The number of carbonyl (C=O) groups is 2. The molecule has 0 radical (unpaired) electrons. The van der Waals surface area contributed by atoms with E-state index >= 15 is 0 Å². The van der Waals surface area contributed by atoms with Gasteiger partial charge in [-0.3, -0.25) is 9.59 Å². The monoisotopic (exact) mass is 285 g/mol. The number of nitrogens with one attached hydrogen (secondary N) is 1. The predicted octanol–water partition coefficient (Wildman–Crippen LogP) is 1.74. The maximum atomic E-state index is 11.6. The van der Waals surface area contributed by atoms with E-state index in [4.69, 9.17) is 0 Å². The summed E-state index contributed by atoms with van der Waals surface area (Å²) in [6.07, 6.45) is 0.173. The Labute approximate surface area is 102 Å². The third kappa shape index (κ3) is 3.66. The van der Waals surface area contributed by atoms with Gasteiger partial charge in [-0.05, 0) is 28.1 Å². The van der Waals surface area contributed by atoms with E-state index in [2.05, 4.69) is 26.0 Å². The first-order chi connectivity index (χ1) is 7.65. The van der Waals surface area contributed by atoms with E-state index < -0.39 is 0 Å². The highest BCUT2D eigenvalue weighted by Gasteiger charge is 2.09. The molecule has 0 aliphatic carbocycles. The standard InChI is InChI=1S/C11H12BrNO3/c1-16-10(14)6-7-13-11(15)8-4-2-3-5-9(8)12/h2-5H,6-7H2,1H3,(H,13,15). The lowest BCUT2D eigenvalue weighted by atomic mass is 10.2. The SMILES string of the molecule is COC(=O)CCNC(=O)c1ccccc1Br. The summed E-state index contributed by atoms with van der Waals surface area (Å²) >= 11 is 3.28. The smallest absolute Gasteiger partial charge is 0.307 e. The second-order valence-corrected chi connectivity index (χ2v) is 3.92. The molecule has 1 aromatic carbocycles. The summed E-state index contributed by atoms with van der Waals surface area (Å²) in [5.74, 6) is -0.552. The van der Waals surface area contributed by atoms with Gasteiger partial charge in [0.05, 0.1) is 19.1 Å². The quantitative estimate of drug-likeness (QED) is 0.858. The summed E-state index contributed by atoms with van der Waals surface area (Å²) in [6, 6.07) is 7.10. The summed E-state index contributed by atoms with van der Waals surface area (Å²) in [7, 11) is 1.32. The summed E-state index contributed by atoms with van der Waals surface area (Å²) < 4.78 is 5.19. The van der Waals surface area contributed by atoms with Crippen LogP contribution in [0.25, 0.3) is 0 Å². The molecule has 0 saturated carbocycles. The van der Waals surface area contributed by atoms with Gasteiger partial charge in [-0.25, -0.2) is 0 Å².